The van der Waals surface area contributed by atoms with Crippen LogP contribution >= 0.6 is 0 Å². The molecule has 0 aliphatic carbocycles. The SMILES string of the molecule is C=C.CCCOCCC(C)(C)CNC(=O)CCCCCCCC(=O)NCCCC(C)(C)C. The molecule has 0 radical (unpaired) electrons. The smallest absolute Gasteiger partial charge is 0.220 e. The normalized spacial score (nSPS) is 11.4. The summed E-state index contributed by atoms with van der Waals surface area (Å²) in [5.74, 6) is 0.318. The molecule has 0 saturated heterocycles. The standard InChI is InChI=1S/C25H50N2O3.C2H4/c1-7-19-30-20-17-25(5,6)21-27-23(29)15-12-10-8-9-11-14-22(28)26-18-13-16-24(2,3)4;1-2/h7-21H2,1-6H3,(H,26,28)(H,27,29);1-2H2. The molecule has 0 aliphatic heterocycles. The zero-order valence-electron chi connectivity index (χ0n) is 22.2. The van der Waals surface area contributed by atoms with Crippen LogP contribution in [-0.4, -0.2) is 38.1 Å². The van der Waals surface area contributed by atoms with Crippen LogP contribution in [0.15, 0.2) is 13.2 Å². The van der Waals surface area contributed by atoms with Gasteiger partial charge in [0.05, 0.1) is 0 Å². The van der Waals surface area contributed by atoms with Gasteiger partial charge in [0.25, 0.3) is 0 Å². The van der Waals surface area contributed by atoms with E-state index in [1.54, 1.807) is 0 Å². The largest absolute Gasteiger partial charge is 0.381 e. The maximum atomic E-state index is 12.0. The first-order valence-corrected chi connectivity index (χ1v) is 12.7. The molecule has 0 spiro atoms. The Balaban J connectivity index is 0. The number of ether oxygens (including phenoxy) is 1. The third-order valence-electron chi connectivity index (χ3n) is 5.27. The highest BCUT2D eigenvalue weighted by Gasteiger charge is 2.18. The van der Waals surface area contributed by atoms with E-state index in [2.05, 4.69) is 65.3 Å². The molecule has 32 heavy (non-hydrogen) atoms. The summed E-state index contributed by atoms with van der Waals surface area (Å²) in [5, 5.41) is 6.08. The molecular formula is C27H54N2O3. The van der Waals surface area contributed by atoms with Crippen molar-refractivity contribution in [3.05, 3.63) is 13.2 Å². The molecule has 0 bridgehead atoms. The molecule has 0 aliphatic rings. The van der Waals surface area contributed by atoms with Crippen molar-refractivity contribution in [2.24, 2.45) is 10.8 Å². The van der Waals surface area contributed by atoms with Crippen LogP contribution in [0.1, 0.15) is 112 Å². The second-order valence-corrected chi connectivity index (χ2v) is 10.6. The number of carbonyl (C=O) groups is 2. The highest BCUT2D eigenvalue weighted by molar-refractivity contribution is 5.76. The molecule has 0 aromatic carbocycles. The average molecular weight is 455 g/mol. The Bertz CT molecular complexity index is 470. The molecule has 0 unspecified atom stereocenters. The Morgan fingerprint density at radius 1 is 0.750 bits per heavy atom. The van der Waals surface area contributed by atoms with Crippen molar-refractivity contribution in [3.63, 3.8) is 0 Å². The molecule has 0 aromatic rings. The quantitative estimate of drug-likeness (QED) is 0.185. The van der Waals surface area contributed by atoms with Crippen LogP contribution in [0.5, 0.6) is 0 Å². The number of unbranched alkanes of at least 4 members (excludes halogenated alkanes) is 4. The number of hydrogen-bond acceptors (Lipinski definition) is 3. The second-order valence-electron chi connectivity index (χ2n) is 10.6. The van der Waals surface area contributed by atoms with Gasteiger partial charge in [-0.3, -0.25) is 9.59 Å². The Morgan fingerprint density at radius 3 is 1.81 bits per heavy atom. The number of nitrogens with one attached hydrogen (secondary N) is 2. The lowest BCUT2D eigenvalue weighted by Gasteiger charge is -2.24. The maximum absolute atomic E-state index is 12.0. The lowest BCUT2D eigenvalue weighted by molar-refractivity contribution is -0.122. The third kappa shape index (κ3) is 24.9. The predicted molar refractivity (Wildman–Crippen MR) is 138 cm³/mol. The van der Waals surface area contributed by atoms with E-state index >= 15 is 0 Å². The van der Waals surface area contributed by atoms with Crippen molar-refractivity contribution in [1.29, 1.82) is 0 Å². The van der Waals surface area contributed by atoms with E-state index in [1.165, 1.54) is 0 Å². The van der Waals surface area contributed by atoms with Crippen molar-refractivity contribution in [2.75, 3.05) is 26.3 Å². The van der Waals surface area contributed by atoms with Gasteiger partial charge >= 0.3 is 0 Å². The minimum atomic E-state index is 0.0662. The Kier molecular flexibility index (Phi) is 20.8. The lowest BCUT2D eigenvalue weighted by atomic mass is 9.89. The molecule has 0 rings (SSSR count). The first kappa shape index (κ1) is 32.8. The van der Waals surface area contributed by atoms with E-state index < -0.39 is 0 Å². The monoisotopic (exact) mass is 454 g/mol. The Morgan fingerprint density at radius 2 is 1.28 bits per heavy atom. The lowest BCUT2D eigenvalue weighted by Crippen LogP contribution is -2.34. The summed E-state index contributed by atoms with van der Waals surface area (Å²) in [4.78, 5) is 23.9. The van der Waals surface area contributed by atoms with Crippen LogP contribution in [-0.2, 0) is 14.3 Å². The van der Waals surface area contributed by atoms with Crippen LogP contribution in [0.25, 0.3) is 0 Å². The van der Waals surface area contributed by atoms with Gasteiger partial charge in [0.2, 0.25) is 11.8 Å². The predicted octanol–water partition coefficient (Wildman–Crippen LogP) is 6.42. The van der Waals surface area contributed by atoms with Gasteiger partial charge in [-0.05, 0) is 49.4 Å². The van der Waals surface area contributed by atoms with E-state index in [1.807, 2.05) is 0 Å². The van der Waals surface area contributed by atoms with Crippen molar-refractivity contribution >= 4 is 11.8 Å². The fourth-order valence-corrected chi connectivity index (χ4v) is 3.15. The van der Waals surface area contributed by atoms with Gasteiger partial charge in [0, 0.05) is 39.1 Å². The molecule has 190 valence electrons. The molecular weight excluding hydrogens is 400 g/mol. The number of amides is 2. The zero-order chi connectivity index (χ0) is 24.9. The van der Waals surface area contributed by atoms with Gasteiger partial charge in [-0.25, -0.2) is 0 Å². The van der Waals surface area contributed by atoms with E-state index in [0.717, 1.165) is 77.5 Å². The fourth-order valence-electron chi connectivity index (χ4n) is 3.15. The topological polar surface area (TPSA) is 67.4 Å². The van der Waals surface area contributed by atoms with E-state index in [9.17, 15) is 9.59 Å². The highest BCUT2D eigenvalue weighted by Crippen LogP contribution is 2.20. The van der Waals surface area contributed by atoms with Crippen LogP contribution < -0.4 is 10.6 Å². The molecule has 5 heteroatoms. The summed E-state index contributed by atoms with van der Waals surface area (Å²) < 4.78 is 5.55. The average Bonchev–Trinajstić information content (AvgIpc) is 2.73. The third-order valence-corrected chi connectivity index (χ3v) is 5.27. The minimum absolute atomic E-state index is 0.0662. The van der Waals surface area contributed by atoms with Gasteiger partial charge in [-0.15, -0.1) is 13.2 Å². The Labute approximate surface area is 199 Å². The van der Waals surface area contributed by atoms with E-state index in [0.29, 0.717) is 24.8 Å². The van der Waals surface area contributed by atoms with Crippen molar-refractivity contribution in [1.82, 2.24) is 10.6 Å². The van der Waals surface area contributed by atoms with Crippen molar-refractivity contribution in [3.8, 4) is 0 Å². The van der Waals surface area contributed by atoms with Crippen molar-refractivity contribution in [2.45, 2.75) is 112 Å². The molecule has 2 amide bonds. The molecule has 0 saturated carbocycles. The number of carbonyl (C=O) groups excluding carboxylic acids is 2. The summed E-state index contributed by atoms with van der Waals surface area (Å²) in [6.07, 6.45) is 10.4. The second kappa shape index (κ2) is 20.3. The van der Waals surface area contributed by atoms with Gasteiger partial charge in [-0.2, -0.15) is 0 Å². The molecule has 0 fully saturated rings. The molecule has 5 nitrogen and oxygen atoms in total. The molecule has 2 N–H and O–H groups in total. The van der Waals surface area contributed by atoms with Crippen LogP contribution in [0.4, 0.5) is 0 Å². The number of rotatable bonds is 18. The van der Waals surface area contributed by atoms with E-state index in [-0.39, 0.29) is 17.2 Å². The zero-order valence-corrected chi connectivity index (χ0v) is 22.2. The van der Waals surface area contributed by atoms with Gasteiger partial charge in [0.1, 0.15) is 0 Å². The first-order chi connectivity index (χ1) is 15.1. The summed E-state index contributed by atoms with van der Waals surface area (Å²) >= 11 is 0. The summed E-state index contributed by atoms with van der Waals surface area (Å²) in [6, 6.07) is 0. The fraction of sp³-hybridized carbons (Fsp3) is 0.852. The Hall–Kier alpha value is -1.36. The maximum Gasteiger partial charge on any atom is 0.220 e. The van der Waals surface area contributed by atoms with Gasteiger partial charge in [0.15, 0.2) is 0 Å². The first-order valence-electron chi connectivity index (χ1n) is 12.7. The molecule has 0 heterocycles. The van der Waals surface area contributed by atoms with Crippen LogP contribution in [0.3, 0.4) is 0 Å². The summed E-state index contributed by atoms with van der Waals surface area (Å²) in [7, 11) is 0. The number of hydrogen-bond donors (Lipinski definition) is 2. The van der Waals surface area contributed by atoms with Crippen molar-refractivity contribution < 1.29 is 14.3 Å². The summed E-state index contributed by atoms with van der Waals surface area (Å²) in [6.45, 7) is 22.2. The molecule has 0 atom stereocenters. The summed E-state index contributed by atoms with van der Waals surface area (Å²) in [5.41, 5.74) is 0.401. The van der Waals surface area contributed by atoms with Crippen LogP contribution in [0, 0.1) is 10.8 Å². The minimum Gasteiger partial charge on any atom is -0.381 e. The van der Waals surface area contributed by atoms with Crippen LogP contribution in [0.2, 0.25) is 0 Å². The van der Waals surface area contributed by atoms with E-state index in [4.69, 9.17) is 4.74 Å². The molecule has 0 aromatic heterocycles. The highest BCUT2D eigenvalue weighted by atomic mass is 16.5. The van der Waals surface area contributed by atoms with Gasteiger partial charge in [-0.1, -0.05) is 60.8 Å². The van der Waals surface area contributed by atoms with Gasteiger partial charge < -0.3 is 15.4 Å².